The summed E-state index contributed by atoms with van der Waals surface area (Å²) in [6.45, 7) is 2.35. The van der Waals surface area contributed by atoms with Crippen molar-refractivity contribution in [2.75, 3.05) is 0 Å². The number of rotatable bonds is 3. The second-order valence-electron chi connectivity index (χ2n) is 5.22. The summed E-state index contributed by atoms with van der Waals surface area (Å²) in [7, 11) is 0. The van der Waals surface area contributed by atoms with Crippen molar-refractivity contribution in [3.63, 3.8) is 0 Å². The zero-order valence-corrected chi connectivity index (χ0v) is 12.5. The molecule has 1 aliphatic rings. The average Bonchev–Trinajstić information content (AvgIpc) is 2.33. The fourth-order valence-corrected chi connectivity index (χ4v) is 3.39. The summed E-state index contributed by atoms with van der Waals surface area (Å²) in [6, 6.07) is 8.98. The smallest absolute Gasteiger partial charge is 0.0488 e. The minimum Gasteiger partial charge on any atom is -0.271 e. The van der Waals surface area contributed by atoms with E-state index in [2.05, 4.69) is 59.2 Å². The van der Waals surface area contributed by atoms with Crippen LogP contribution in [-0.4, -0.2) is 0 Å². The summed E-state index contributed by atoms with van der Waals surface area (Å²) in [6.07, 6.45) is 5.27. The Hall–Kier alpha value is -0.130. The predicted molar refractivity (Wildman–Crippen MR) is 80.3 cm³/mol. The maximum Gasteiger partial charge on any atom is 0.0488 e. The molecule has 0 saturated heterocycles. The number of nitrogens with two attached hydrogens (primary N) is 1. The highest BCUT2D eigenvalue weighted by atomic mass is 127. The van der Waals surface area contributed by atoms with Crippen LogP contribution in [0.2, 0.25) is 0 Å². The number of nitrogens with one attached hydrogen (secondary N) is 1. The van der Waals surface area contributed by atoms with Crippen molar-refractivity contribution in [1.29, 1.82) is 0 Å². The van der Waals surface area contributed by atoms with Gasteiger partial charge in [-0.3, -0.25) is 11.3 Å². The van der Waals surface area contributed by atoms with Crippen molar-refractivity contribution in [3.05, 3.63) is 33.4 Å². The zero-order chi connectivity index (χ0) is 12.3. The Balaban J connectivity index is 2.10. The van der Waals surface area contributed by atoms with Crippen molar-refractivity contribution in [3.8, 4) is 0 Å². The van der Waals surface area contributed by atoms with E-state index in [9.17, 15) is 0 Å². The van der Waals surface area contributed by atoms with Gasteiger partial charge >= 0.3 is 0 Å². The van der Waals surface area contributed by atoms with E-state index in [-0.39, 0.29) is 0 Å². The van der Waals surface area contributed by atoms with Gasteiger partial charge in [0.25, 0.3) is 0 Å². The molecule has 0 bridgehead atoms. The average molecular weight is 344 g/mol. The monoisotopic (exact) mass is 344 g/mol. The highest BCUT2D eigenvalue weighted by molar-refractivity contribution is 14.1. The van der Waals surface area contributed by atoms with Gasteiger partial charge in [-0.05, 0) is 65.0 Å². The summed E-state index contributed by atoms with van der Waals surface area (Å²) in [5.74, 6) is 7.35. The van der Waals surface area contributed by atoms with E-state index in [1.807, 2.05) is 0 Å². The minimum atomic E-state index is 0.317. The molecular formula is C14H21IN2. The largest absolute Gasteiger partial charge is 0.271 e. The lowest BCUT2D eigenvalue weighted by Crippen LogP contribution is -2.35. The SMILES string of the molecule is CC1CCC(C(NN)c2cccc(I)c2)CC1. The summed E-state index contributed by atoms with van der Waals surface area (Å²) in [5, 5.41) is 0. The number of hydrogen-bond acceptors (Lipinski definition) is 2. The molecule has 2 rings (SSSR count). The molecule has 3 heteroatoms. The molecule has 0 aliphatic heterocycles. The molecule has 1 aliphatic carbocycles. The quantitative estimate of drug-likeness (QED) is 0.499. The third kappa shape index (κ3) is 3.42. The molecule has 1 aromatic carbocycles. The third-order valence-electron chi connectivity index (χ3n) is 3.92. The first kappa shape index (κ1) is 13.3. The molecule has 0 aromatic heterocycles. The number of benzene rings is 1. The molecule has 1 fully saturated rings. The first-order valence-electron chi connectivity index (χ1n) is 6.42. The van der Waals surface area contributed by atoms with Crippen LogP contribution in [0.25, 0.3) is 0 Å². The van der Waals surface area contributed by atoms with Gasteiger partial charge in [-0.1, -0.05) is 31.9 Å². The second kappa shape index (κ2) is 6.16. The van der Waals surface area contributed by atoms with E-state index in [4.69, 9.17) is 5.84 Å². The van der Waals surface area contributed by atoms with Crippen LogP contribution in [0.4, 0.5) is 0 Å². The van der Waals surface area contributed by atoms with E-state index in [0.29, 0.717) is 12.0 Å². The molecule has 0 spiro atoms. The Labute approximate surface area is 117 Å². The lowest BCUT2D eigenvalue weighted by molar-refractivity contribution is 0.232. The Morgan fingerprint density at radius 3 is 2.59 bits per heavy atom. The van der Waals surface area contributed by atoms with Crippen LogP contribution in [0.5, 0.6) is 0 Å². The lowest BCUT2D eigenvalue weighted by atomic mass is 9.77. The molecule has 2 nitrogen and oxygen atoms in total. The standard InChI is InChI=1S/C14H21IN2/c1-10-5-7-11(8-6-10)14(17-16)12-3-2-4-13(15)9-12/h2-4,9-11,14,17H,5-8,16H2,1H3. The summed E-state index contributed by atoms with van der Waals surface area (Å²) in [4.78, 5) is 0. The second-order valence-corrected chi connectivity index (χ2v) is 6.46. The molecular weight excluding hydrogens is 323 g/mol. The van der Waals surface area contributed by atoms with Crippen molar-refractivity contribution in [2.45, 2.75) is 38.6 Å². The Morgan fingerprint density at radius 1 is 1.29 bits per heavy atom. The van der Waals surface area contributed by atoms with Gasteiger partial charge in [-0.2, -0.15) is 0 Å². The van der Waals surface area contributed by atoms with E-state index in [1.165, 1.54) is 34.8 Å². The van der Waals surface area contributed by atoms with Crippen LogP contribution < -0.4 is 11.3 Å². The fraction of sp³-hybridized carbons (Fsp3) is 0.571. The maximum atomic E-state index is 5.77. The first-order chi connectivity index (χ1) is 8.20. The Kier molecular flexibility index (Phi) is 4.82. The Morgan fingerprint density at radius 2 is 2.00 bits per heavy atom. The van der Waals surface area contributed by atoms with Crippen LogP contribution in [0, 0.1) is 15.4 Å². The van der Waals surface area contributed by atoms with Gasteiger partial charge in [0, 0.05) is 9.61 Å². The summed E-state index contributed by atoms with van der Waals surface area (Å²) >= 11 is 2.36. The molecule has 3 N–H and O–H groups in total. The predicted octanol–water partition coefficient (Wildman–Crippen LogP) is 3.62. The number of halogens is 1. The zero-order valence-electron chi connectivity index (χ0n) is 10.3. The summed E-state index contributed by atoms with van der Waals surface area (Å²) < 4.78 is 1.28. The van der Waals surface area contributed by atoms with Gasteiger partial charge in [0.2, 0.25) is 0 Å². The molecule has 17 heavy (non-hydrogen) atoms. The fourth-order valence-electron chi connectivity index (χ4n) is 2.82. The van der Waals surface area contributed by atoms with E-state index in [1.54, 1.807) is 0 Å². The highest BCUT2D eigenvalue weighted by Gasteiger charge is 2.26. The number of hydrogen-bond donors (Lipinski definition) is 2. The van der Waals surface area contributed by atoms with E-state index < -0.39 is 0 Å². The Bertz CT molecular complexity index is 359. The van der Waals surface area contributed by atoms with Crippen LogP contribution in [-0.2, 0) is 0 Å². The molecule has 1 atom stereocenters. The molecule has 1 aromatic rings. The van der Waals surface area contributed by atoms with E-state index in [0.717, 1.165) is 5.92 Å². The molecule has 0 heterocycles. The van der Waals surface area contributed by atoms with Gasteiger partial charge in [-0.25, -0.2) is 0 Å². The molecule has 1 unspecified atom stereocenters. The van der Waals surface area contributed by atoms with Gasteiger partial charge < -0.3 is 0 Å². The van der Waals surface area contributed by atoms with Crippen molar-refractivity contribution in [2.24, 2.45) is 17.7 Å². The van der Waals surface area contributed by atoms with Crippen molar-refractivity contribution in [1.82, 2.24) is 5.43 Å². The van der Waals surface area contributed by atoms with Crippen molar-refractivity contribution < 1.29 is 0 Å². The first-order valence-corrected chi connectivity index (χ1v) is 7.50. The van der Waals surface area contributed by atoms with E-state index >= 15 is 0 Å². The number of hydrazine groups is 1. The molecule has 94 valence electrons. The van der Waals surface area contributed by atoms with Crippen LogP contribution in [0.3, 0.4) is 0 Å². The van der Waals surface area contributed by atoms with Crippen molar-refractivity contribution >= 4 is 22.6 Å². The molecule has 1 saturated carbocycles. The van der Waals surface area contributed by atoms with Gasteiger partial charge in [-0.15, -0.1) is 0 Å². The topological polar surface area (TPSA) is 38.0 Å². The lowest BCUT2D eigenvalue weighted by Gasteiger charge is -2.32. The van der Waals surface area contributed by atoms with Crippen LogP contribution in [0.1, 0.15) is 44.2 Å². The van der Waals surface area contributed by atoms with Crippen LogP contribution >= 0.6 is 22.6 Å². The van der Waals surface area contributed by atoms with Gasteiger partial charge in [0.15, 0.2) is 0 Å². The molecule has 0 amide bonds. The highest BCUT2D eigenvalue weighted by Crippen LogP contribution is 2.36. The summed E-state index contributed by atoms with van der Waals surface area (Å²) in [5.41, 5.74) is 4.36. The van der Waals surface area contributed by atoms with Crippen LogP contribution in [0.15, 0.2) is 24.3 Å². The minimum absolute atomic E-state index is 0.317. The molecule has 0 radical (unpaired) electrons. The third-order valence-corrected chi connectivity index (χ3v) is 4.59. The maximum absolute atomic E-state index is 5.77. The van der Waals surface area contributed by atoms with Gasteiger partial charge in [0.05, 0.1) is 0 Å². The van der Waals surface area contributed by atoms with Gasteiger partial charge in [0.1, 0.15) is 0 Å². The normalized spacial score (nSPS) is 26.8.